The second-order valence-electron chi connectivity index (χ2n) is 11.3. The normalized spacial score (nSPS) is 31.4. The van der Waals surface area contributed by atoms with Crippen molar-refractivity contribution < 1.29 is 37.7 Å². The number of hydrogen-bond donors (Lipinski definition) is 0. The van der Waals surface area contributed by atoms with Gasteiger partial charge in [-0.1, -0.05) is 13.8 Å². The van der Waals surface area contributed by atoms with Crippen LogP contribution in [0.25, 0.3) is 11.0 Å². The maximum absolute atomic E-state index is 13.9. The second-order valence-corrected chi connectivity index (χ2v) is 11.3. The highest BCUT2D eigenvalue weighted by Crippen LogP contribution is 2.66. The largest absolute Gasteiger partial charge is 0.483 e. The molecule has 1 saturated heterocycles. The van der Waals surface area contributed by atoms with Gasteiger partial charge in [-0.15, -0.1) is 0 Å². The van der Waals surface area contributed by atoms with Gasteiger partial charge in [0.15, 0.2) is 12.2 Å². The topological polar surface area (TPSA) is 118 Å². The van der Waals surface area contributed by atoms with Crippen LogP contribution in [0.1, 0.15) is 71.6 Å². The molecule has 0 amide bonds. The van der Waals surface area contributed by atoms with E-state index in [9.17, 15) is 19.2 Å². The molecule has 2 aliphatic heterocycles. The van der Waals surface area contributed by atoms with Crippen LogP contribution in [0.5, 0.6) is 5.75 Å². The zero-order valence-electron chi connectivity index (χ0n) is 21.5. The van der Waals surface area contributed by atoms with Crippen molar-refractivity contribution >= 4 is 28.9 Å². The number of hydrogen-bond acceptors (Lipinski definition) is 9. The highest BCUT2D eigenvalue weighted by Gasteiger charge is 2.76. The van der Waals surface area contributed by atoms with Crippen LogP contribution in [0.2, 0.25) is 0 Å². The Balaban J connectivity index is 1.69. The lowest BCUT2D eigenvalue weighted by Crippen LogP contribution is -2.54. The Morgan fingerprint density at radius 1 is 1.00 bits per heavy atom. The van der Waals surface area contributed by atoms with Gasteiger partial charge in [0.1, 0.15) is 16.9 Å². The Morgan fingerprint density at radius 2 is 1.69 bits per heavy atom. The summed E-state index contributed by atoms with van der Waals surface area (Å²) >= 11 is 0. The number of aryl methyl sites for hydroxylation is 1. The summed E-state index contributed by atoms with van der Waals surface area (Å²) in [5.74, 6) is -1.44. The summed E-state index contributed by atoms with van der Waals surface area (Å²) in [7, 11) is 0. The summed E-state index contributed by atoms with van der Waals surface area (Å²) in [4.78, 5) is 51.2. The molecule has 9 heteroatoms. The van der Waals surface area contributed by atoms with E-state index >= 15 is 0 Å². The zero-order chi connectivity index (χ0) is 26.4. The van der Waals surface area contributed by atoms with Crippen LogP contribution in [-0.2, 0) is 28.6 Å². The van der Waals surface area contributed by atoms with Crippen molar-refractivity contribution in [2.45, 2.75) is 84.7 Å². The van der Waals surface area contributed by atoms with Crippen molar-refractivity contribution in [3.63, 3.8) is 0 Å². The van der Waals surface area contributed by atoms with E-state index < -0.39 is 57.8 Å². The molecule has 3 heterocycles. The van der Waals surface area contributed by atoms with Crippen LogP contribution in [0, 0.1) is 17.8 Å². The van der Waals surface area contributed by atoms with Crippen LogP contribution < -0.4 is 10.4 Å². The van der Waals surface area contributed by atoms with E-state index in [1.54, 1.807) is 39.8 Å². The molecule has 36 heavy (non-hydrogen) atoms. The third-order valence-electron chi connectivity index (χ3n) is 8.68. The molecule has 1 aromatic heterocycles. The SMILES string of the molecule is CC(=O)O[C@@H]1[C@H](OC(=O)[C@]23CC[C@@](C)(C(=O)O2)C3(C)C)c2c(ccc3c(C)cc(=O)oc23)OC1(C)C. The molecule has 1 aromatic carbocycles. The molecule has 1 aliphatic carbocycles. The van der Waals surface area contributed by atoms with Crippen LogP contribution in [0.4, 0.5) is 0 Å². The minimum Gasteiger partial charge on any atom is -0.483 e. The molecule has 0 unspecified atom stereocenters. The first kappa shape index (κ1) is 24.3. The van der Waals surface area contributed by atoms with Crippen LogP contribution in [-0.4, -0.2) is 35.2 Å². The minimum atomic E-state index is -1.50. The standard InChI is InChI=1S/C27H30O9/c1-13-12-17(29)33-19-15(13)8-9-16-18(19)20(21(32-14(2)28)24(3,4)35-16)34-23(31)27-11-10-26(7,22(30)36-27)25(27,5)6/h8-9,12,20-21H,10-11H2,1-7H3/t20-,21-,26+,27+/m1/s1. The molecule has 0 radical (unpaired) electrons. The van der Waals surface area contributed by atoms with E-state index in [0.29, 0.717) is 29.5 Å². The third-order valence-corrected chi connectivity index (χ3v) is 8.68. The molecule has 9 nitrogen and oxygen atoms in total. The molecule has 3 aliphatic rings. The number of benzene rings is 1. The molecular formula is C27H30O9. The summed E-state index contributed by atoms with van der Waals surface area (Å²) in [6.45, 7) is 11.9. The Morgan fingerprint density at radius 3 is 2.28 bits per heavy atom. The quantitative estimate of drug-likeness (QED) is 0.352. The molecule has 2 fully saturated rings. The Bertz CT molecular complexity index is 1380. The van der Waals surface area contributed by atoms with Crippen molar-refractivity contribution in [3.05, 3.63) is 39.7 Å². The maximum Gasteiger partial charge on any atom is 0.351 e. The summed E-state index contributed by atoms with van der Waals surface area (Å²) in [6.07, 6.45) is -1.48. The van der Waals surface area contributed by atoms with Gasteiger partial charge in [0.2, 0.25) is 5.60 Å². The Hall–Kier alpha value is -3.36. The fourth-order valence-electron chi connectivity index (χ4n) is 6.02. The van der Waals surface area contributed by atoms with E-state index in [4.69, 9.17) is 23.4 Å². The van der Waals surface area contributed by atoms with Gasteiger partial charge in [0.25, 0.3) is 0 Å². The van der Waals surface area contributed by atoms with Gasteiger partial charge in [-0.25, -0.2) is 9.59 Å². The number of carbonyl (C=O) groups is 3. The van der Waals surface area contributed by atoms with Crippen molar-refractivity contribution in [2.75, 3.05) is 0 Å². The number of fused-ring (bicyclic) bond motifs is 5. The average Bonchev–Trinajstić information content (AvgIpc) is 3.05. The first-order valence-corrected chi connectivity index (χ1v) is 12.0. The fraction of sp³-hybridized carbons (Fsp3) is 0.556. The van der Waals surface area contributed by atoms with Gasteiger partial charge in [0.05, 0.1) is 11.0 Å². The molecule has 5 rings (SSSR count). The molecular weight excluding hydrogens is 468 g/mol. The van der Waals surface area contributed by atoms with E-state index in [1.807, 2.05) is 13.8 Å². The lowest BCUT2D eigenvalue weighted by Gasteiger charge is -2.44. The summed E-state index contributed by atoms with van der Waals surface area (Å²) in [5, 5.41) is 0.624. The Kier molecular flexibility index (Phi) is 4.96. The van der Waals surface area contributed by atoms with Crippen LogP contribution >= 0.6 is 0 Å². The maximum atomic E-state index is 13.9. The monoisotopic (exact) mass is 498 g/mol. The number of rotatable bonds is 3. The highest BCUT2D eigenvalue weighted by molar-refractivity contribution is 5.94. The van der Waals surface area contributed by atoms with Gasteiger partial charge in [-0.2, -0.15) is 0 Å². The third kappa shape index (κ3) is 3.01. The summed E-state index contributed by atoms with van der Waals surface area (Å²) < 4.78 is 29.3. The van der Waals surface area contributed by atoms with E-state index in [0.717, 1.165) is 0 Å². The predicted octanol–water partition coefficient (Wildman–Crippen LogP) is 3.91. The van der Waals surface area contributed by atoms with E-state index in [2.05, 4.69) is 0 Å². The average molecular weight is 499 g/mol. The van der Waals surface area contributed by atoms with Gasteiger partial charge in [-0.3, -0.25) is 9.59 Å². The number of carbonyl (C=O) groups excluding carboxylic acids is 3. The molecule has 0 spiro atoms. The fourth-order valence-corrected chi connectivity index (χ4v) is 6.02. The van der Waals surface area contributed by atoms with Gasteiger partial charge in [0, 0.05) is 23.8 Å². The van der Waals surface area contributed by atoms with Crippen molar-refractivity contribution in [2.24, 2.45) is 10.8 Å². The van der Waals surface area contributed by atoms with Gasteiger partial charge >= 0.3 is 23.5 Å². The number of ether oxygens (including phenoxy) is 4. The van der Waals surface area contributed by atoms with Crippen molar-refractivity contribution in [1.29, 1.82) is 0 Å². The first-order chi connectivity index (χ1) is 16.6. The molecule has 4 atom stereocenters. The number of esters is 3. The highest BCUT2D eigenvalue weighted by atomic mass is 16.6. The van der Waals surface area contributed by atoms with Crippen LogP contribution in [0.3, 0.4) is 0 Å². The van der Waals surface area contributed by atoms with Crippen molar-refractivity contribution in [1.82, 2.24) is 0 Å². The lowest BCUT2D eigenvalue weighted by atomic mass is 9.66. The smallest absolute Gasteiger partial charge is 0.351 e. The minimum absolute atomic E-state index is 0.180. The first-order valence-electron chi connectivity index (χ1n) is 12.0. The summed E-state index contributed by atoms with van der Waals surface area (Å²) in [5.41, 5.74) is -3.72. The van der Waals surface area contributed by atoms with Crippen LogP contribution in [0.15, 0.2) is 27.4 Å². The lowest BCUT2D eigenvalue weighted by molar-refractivity contribution is -0.206. The molecule has 192 valence electrons. The Labute approximate surface area is 208 Å². The zero-order valence-corrected chi connectivity index (χ0v) is 21.5. The molecule has 2 aromatic rings. The second kappa shape index (κ2) is 7.33. The summed E-state index contributed by atoms with van der Waals surface area (Å²) in [6, 6.07) is 4.84. The van der Waals surface area contributed by atoms with E-state index in [-0.39, 0.29) is 11.1 Å². The molecule has 1 saturated carbocycles. The van der Waals surface area contributed by atoms with Crippen molar-refractivity contribution in [3.8, 4) is 5.75 Å². The predicted molar refractivity (Wildman–Crippen MR) is 126 cm³/mol. The molecule has 0 N–H and O–H groups in total. The van der Waals surface area contributed by atoms with Gasteiger partial charge < -0.3 is 23.4 Å². The van der Waals surface area contributed by atoms with E-state index in [1.165, 1.54) is 13.0 Å². The molecule has 2 bridgehead atoms. The van der Waals surface area contributed by atoms with Gasteiger partial charge in [-0.05, 0) is 58.2 Å².